The van der Waals surface area contributed by atoms with E-state index in [4.69, 9.17) is 5.11 Å². The smallest absolute Gasteiger partial charge is 0.303 e. The Morgan fingerprint density at radius 2 is 2.13 bits per heavy atom. The summed E-state index contributed by atoms with van der Waals surface area (Å²) in [6.07, 6.45) is 7.33. The molecule has 0 aliphatic heterocycles. The number of nitrogens with one attached hydrogen (secondary N) is 1. The fourth-order valence-electron chi connectivity index (χ4n) is 2.44. The molecule has 1 aliphatic carbocycles. The highest BCUT2D eigenvalue weighted by Gasteiger charge is 2.32. The van der Waals surface area contributed by atoms with Crippen molar-refractivity contribution in [2.45, 2.75) is 44.9 Å². The Kier molecular flexibility index (Phi) is 6.30. The van der Waals surface area contributed by atoms with Gasteiger partial charge in [-0.25, -0.2) is 0 Å². The molecular weight excluding hydrogens is 325 g/mol. The van der Waals surface area contributed by atoms with Crippen LogP contribution in [-0.2, 0) is 4.79 Å². The third kappa shape index (κ3) is 4.91. The number of carboxylic acids is 1. The summed E-state index contributed by atoms with van der Waals surface area (Å²) < 4.78 is 3.33. The van der Waals surface area contributed by atoms with Crippen LogP contribution in [0.4, 0.5) is 0 Å². The van der Waals surface area contributed by atoms with Gasteiger partial charge in [-0.05, 0) is 40.2 Å². The van der Waals surface area contributed by atoms with Crippen LogP contribution >= 0.6 is 30.3 Å². The summed E-state index contributed by atoms with van der Waals surface area (Å²) in [4.78, 5) is 10.5. The minimum atomic E-state index is -0.667. The lowest BCUT2D eigenvalue weighted by Gasteiger charge is -2.28. The van der Waals surface area contributed by atoms with Gasteiger partial charge in [-0.2, -0.15) is 0 Å². The molecule has 0 aromatic heterocycles. The van der Waals surface area contributed by atoms with Crippen molar-refractivity contribution in [3.63, 3.8) is 0 Å². The number of aliphatic carboxylic acids is 1. The topological polar surface area (TPSA) is 49.3 Å². The minimum Gasteiger partial charge on any atom is -0.481 e. The van der Waals surface area contributed by atoms with E-state index in [1.54, 1.807) is 9.12 Å². The second-order valence-corrected chi connectivity index (χ2v) is 6.12. The van der Waals surface area contributed by atoms with Crippen molar-refractivity contribution in [3.05, 3.63) is 0 Å². The average Bonchev–Trinajstić information content (AvgIpc) is 2.64. The van der Waals surface area contributed by atoms with Crippen LogP contribution in [0.3, 0.4) is 0 Å². The lowest BCUT2D eigenvalue weighted by Crippen LogP contribution is -2.28. The first kappa shape index (κ1) is 13.6. The van der Waals surface area contributed by atoms with E-state index in [9.17, 15) is 4.79 Å². The fraction of sp³-hybridized carbons (Fsp3) is 0.900. The SMILES string of the molecule is O=C(O)CCCC1(CNSI)CCCC1. The molecule has 3 nitrogen and oxygen atoms in total. The van der Waals surface area contributed by atoms with Crippen LogP contribution in [0.1, 0.15) is 44.9 Å². The highest BCUT2D eigenvalue weighted by molar-refractivity contribution is 14.2. The maximum atomic E-state index is 10.5. The Labute approximate surface area is 107 Å². The normalized spacial score (nSPS) is 19.3. The molecule has 0 aromatic rings. The molecule has 5 heteroatoms. The van der Waals surface area contributed by atoms with E-state index in [2.05, 4.69) is 25.9 Å². The Balaban J connectivity index is 2.32. The van der Waals surface area contributed by atoms with E-state index >= 15 is 0 Å². The molecule has 88 valence electrons. The lowest BCUT2D eigenvalue weighted by atomic mass is 9.81. The van der Waals surface area contributed by atoms with Crippen LogP contribution in [0, 0.1) is 5.41 Å². The summed E-state index contributed by atoms with van der Waals surface area (Å²) in [5.74, 6) is -0.667. The van der Waals surface area contributed by atoms with Crippen molar-refractivity contribution in [1.82, 2.24) is 4.72 Å². The van der Waals surface area contributed by atoms with Crippen LogP contribution in [0.15, 0.2) is 0 Å². The quantitative estimate of drug-likeness (QED) is 0.550. The zero-order chi connectivity index (χ0) is 11.1. The Hall–Kier alpha value is 0.510. The van der Waals surface area contributed by atoms with Crippen LogP contribution in [-0.4, -0.2) is 17.6 Å². The number of hydrogen-bond acceptors (Lipinski definition) is 3. The maximum Gasteiger partial charge on any atom is 0.303 e. The predicted octanol–water partition coefficient (Wildman–Crippen LogP) is 3.39. The fourth-order valence-corrected chi connectivity index (χ4v) is 3.26. The summed E-state index contributed by atoms with van der Waals surface area (Å²) in [7, 11) is 1.63. The second-order valence-electron chi connectivity index (χ2n) is 4.35. The van der Waals surface area contributed by atoms with Gasteiger partial charge in [0.05, 0.1) is 0 Å². The molecule has 0 radical (unpaired) electrons. The summed E-state index contributed by atoms with van der Waals surface area (Å²) in [6, 6.07) is 0. The molecule has 0 unspecified atom stereocenters. The molecule has 0 aromatic carbocycles. The molecule has 0 heterocycles. The molecule has 15 heavy (non-hydrogen) atoms. The molecule has 2 N–H and O–H groups in total. The summed E-state index contributed by atoms with van der Waals surface area (Å²) in [5, 5.41) is 8.63. The standard InChI is InChI=1S/C10H18INO2S/c11-15-12-8-10(5-1-2-6-10)7-3-4-9(13)14/h12H,1-8H2,(H,13,14). The molecule has 1 fully saturated rings. The van der Waals surface area contributed by atoms with Crippen LogP contribution in [0.5, 0.6) is 0 Å². The van der Waals surface area contributed by atoms with Gasteiger partial charge in [0.1, 0.15) is 0 Å². The van der Waals surface area contributed by atoms with Crippen LogP contribution in [0.2, 0.25) is 0 Å². The van der Waals surface area contributed by atoms with Gasteiger partial charge < -0.3 is 5.11 Å². The molecule has 1 aliphatic rings. The van der Waals surface area contributed by atoms with E-state index < -0.39 is 5.97 Å². The predicted molar refractivity (Wildman–Crippen MR) is 72.0 cm³/mol. The Morgan fingerprint density at radius 3 is 2.67 bits per heavy atom. The largest absolute Gasteiger partial charge is 0.481 e. The van der Waals surface area contributed by atoms with E-state index in [1.165, 1.54) is 25.7 Å². The molecule has 0 atom stereocenters. The van der Waals surface area contributed by atoms with Gasteiger partial charge in [0.2, 0.25) is 0 Å². The third-order valence-electron chi connectivity index (χ3n) is 3.26. The average molecular weight is 343 g/mol. The molecule has 1 rings (SSSR count). The molecule has 0 saturated heterocycles. The molecule has 0 amide bonds. The van der Waals surface area contributed by atoms with Crippen molar-refractivity contribution < 1.29 is 9.90 Å². The zero-order valence-corrected chi connectivity index (χ0v) is 11.8. The zero-order valence-electron chi connectivity index (χ0n) is 8.80. The first-order valence-electron chi connectivity index (χ1n) is 5.41. The highest BCUT2D eigenvalue weighted by atomic mass is 127. The molecular formula is C10H18INO2S. The van der Waals surface area contributed by atoms with Gasteiger partial charge in [-0.1, -0.05) is 12.8 Å². The summed E-state index contributed by atoms with van der Waals surface area (Å²) in [6.45, 7) is 1.03. The second kappa shape index (κ2) is 6.96. The van der Waals surface area contributed by atoms with Gasteiger partial charge >= 0.3 is 5.97 Å². The van der Waals surface area contributed by atoms with E-state index in [1.807, 2.05) is 0 Å². The first-order chi connectivity index (χ1) is 7.18. The minimum absolute atomic E-state index is 0.319. The number of rotatable bonds is 7. The number of carboxylic acid groups (broad SMARTS) is 1. The number of carbonyl (C=O) groups is 1. The number of hydrogen-bond donors (Lipinski definition) is 2. The van der Waals surface area contributed by atoms with Crippen LogP contribution < -0.4 is 4.72 Å². The molecule has 0 bridgehead atoms. The van der Waals surface area contributed by atoms with Gasteiger partial charge in [0.25, 0.3) is 0 Å². The van der Waals surface area contributed by atoms with Crippen molar-refractivity contribution in [2.75, 3.05) is 6.54 Å². The van der Waals surface area contributed by atoms with Crippen LogP contribution in [0.25, 0.3) is 0 Å². The van der Waals surface area contributed by atoms with Crippen molar-refractivity contribution in [2.24, 2.45) is 5.41 Å². The lowest BCUT2D eigenvalue weighted by molar-refractivity contribution is -0.137. The molecule has 0 spiro atoms. The van der Waals surface area contributed by atoms with Crippen molar-refractivity contribution >= 4 is 36.3 Å². The third-order valence-corrected chi connectivity index (χ3v) is 4.45. The van der Waals surface area contributed by atoms with Gasteiger partial charge in [0.15, 0.2) is 0 Å². The van der Waals surface area contributed by atoms with Gasteiger partial charge in [-0.3, -0.25) is 9.52 Å². The Bertz CT molecular complexity index is 208. The monoisotopic (exact) mass is 343 g/mol. The molecule has 1 saturated carbocycles. The van der Waals surface area contributed by atoms with Gasteiger partial charge in [-0.15, -0.1) is 0 Å². The number of halogens is 1. The maximum absolute atomic E-state index is 10.5. The first-order valence-corrected chi connectivity index (χ1v) is 8.77. The van der Waals surface area contributed by atoms with E-state index in [-0.39, 0.29) is 0 Å². The van der Waals surface area contributed by atoms with E-state index in [0.717, 1.165) is 19.4 Å². The van der Waals surface area contributed by atoms with E-state index in [0.29, 0.717) is 11.8 Å². The summed E-state index contributed by atoms with van der Waals surface area (Å²) in [5.41, 5.74) is 0.383. The highest BCUT2D eigenvalue weighted by Crippen LogP contribution is 2.42. The Morgan fingerprint density at radius 1 is 1.47 bits per heavy atom. The van der Waals surface area contributed by atoms with Gasteiger partial charge in [0, 0.05) is 34.2 Å². The summed E-state index contributed by atoms with van der Waals surface area (Å²) >= 11 is 2.24. The van der Waals surface area contributed by atoms with Crippen molar-refractivity contribution in [3.8, 4) is 0 Å². The van der Waals surface area contributed by atoms with Crippen molar-refractivity contribution in [1.29, 1.82) is 0 Å².